The second-order valence-electron chi connectivity index (χ2n) is 4.34. The van der Waals surface area contributed by atoms with E-state index in [1.54, 1.807) is 12.4 Å². The van der Waals surface area contributed by atoms with Gasteiger partial charge in [-0.1, -0.05) is 6.07 Å². The van der Waals surface area contributed by atoms with Crippen LogP contribution in [0.15, 0.2) is 42.7 Å². The van der Waals surface area contributed by atoms with Crippen LogP contribution in [0.25, 0.3) is 22.4 Å². The van der Waals surface area contributed by atoms with Gasteiger partial charge >= 0.3 is 0 Å². The van der Waals surface area contributed by atoms with E-state index in [2.05, 4.69) is 27.1 Å². The smallest absolute Gasteiger partial charge is 0.140 e. The van der Waals surface area contributed by atoms with E-state index >= 15 is 0 Å². The fraction of sp³-hybridized carbons (Fsp3) is 0.133. The van der Waals surface area contributed by atoms with Crippen molar-refractivity contribution in [3.05, 3.63) is 48.3 Å². The molecular formula is C15H12N4. The number of fused-ring (bicyclic) bond motifs is 1. The van der Waals surface area contributed by atoms with Crippen molar-refractivity contribution in [2.24, 2.45) is 0 Å². The highest BCUT2D eigenvalue weighted by atomic mass is 14.9. The van der Waals surface area contributed by atoms with E-state index in [0.717, 1.165) is 34.4 Å². The van der Waals surface area contributed by atoms with Gasteiger partial charge in [0.05, 0.1) is 17.1 Å². The van der Waals surface area contributed by atoms with Crippen LogP contribution in [0.4, 0.5) is 0 Å². The summed E-state index contributed by atoms with van der Waals surface area (Å²) in [5.74, 6) is 0.820. The number of aromatic amines is 1. The zero-order valence-electron chi connectivity index (χ0n) is 10.3. The summed E-state index contributed by atoms with van der Waals surface area (Å²) in [4.78, 5) is 11.9. The first-order valence-electron chi connectivity index (χ1n) is 6.13. The number of H-pyrrole nitrogens is 1. The largest absolute Gasteiger partial charge is 0.338 e. The van der Waals surface area contributed by atoms with Crippen molar-refractivity contribution in [1.82, 2.24) is 15.0 Å². The Hall–Kier alpha value is -2.67. The molecule has 0 aliphatic heterocycles. The molecule has 1 N–H and O–H groups in total. The molecule has 0 saturated heterocycles. The highest BCUT2D eigenvalue weighted by molar-refractivity contribution is 5.79. The first kappa shape index (κ1) is 11.4. The minimum atomic E-state index is 0.537. The summed E-state index contributed by atoms with van der Waals surface area (Å²) in [5.41, 5.74) is 4.04. The first-order valence-corrected chi connectivity index (χ1v) is 6.13. The fourth-order valence-electron chi connectivity index (χ4n) is 2.05. The molecule has 4 heteroatoms. The Morgan fingerprint density at radius 2 is 2.21 bits per heavy atom. The first-order chi connectivity index (χ1) is 9.36. The van der Waals surface area contributed by atoms with Crippen molar-refractivity contribution in [2.75, 3.05) is 0 Å². The number of hydrogen-bond donors (Lipinski definition) is 1. The molecule has 0 radical (unpaired) electrons. The van der Waals surface area contributed by atoms with Crippen molar-refractivity contribution in [3.63, 3.8) is 0 Å². The number of nitriles is 1. The van der Waals surface area contributed by atoms with Gasteiger partial charge in [0.2, 0.25) is 0 Å². The van der Waals surface area contributed by atoms with Crippen LogP contribution in [0.2, 0.25) is 0 Å². The lowest BCUT2D eigenvalue weighted by atomic mass is 10.1. The number of benzene rings is 1. The number of nitrogens with one attached hydrogen (secondary N) is 1. The molecule has 92 valence electrons. The van der Waals surface area contributed by atoms with Gasteiger partial charge in [0.1, 0.15) is 5.82 Å². The number of aromatic nitrogens is 3. The second-order valence-corrected chi connectivity index (χ2v) is 4.34. The Kier molecular flexibility index (Phi) is 2.95. The van der Waals surface area contributed by atoms with Crippen LogP contribution >= 0.6 is 0 Å². The topological polar surface area (TPSA) is 65.4 Å². The molecule has 0 unspecified atom stereocenters. The number of aryl methyl sites for hydroxylation is 1. The van der Waals surface area contributed by atoms with E-state index in [-0.39, 0.29) is 0 Å². The van der Waals surface area contributed by atoms with Gasteiger partial charge in [-0.15, -0.1) is 0 Å². The molecule has 1 aromatic carbocycles. The van der Waals surface area contributed by atoms with Crippen molar-refractivity contribution in [3.8, 4) is 17.5 Å². The normalized spacial score (nSPS) is 10.5. The molecule has 0 fully saturated rings. The maximum absolute atomic E-state index is 8.62. The number of pyridine rings is 1. The Morgan fingerprint density at radius 3 is 3.00 bits per heavy atom. The SMILES string of the molecule is N#CCCc1ccc2nc(-c3cccnc3)[nH]c2c1. The summed E-state index contributed by atoms with van der Waals surface area (Å²) in [7, 11) is 0. The van der Waals surface area contributed by atoms with Gasteiger partial charge in [-0.25, -0.2) is 4.98 Å². The predicted octanol–water partition coefficient (Wildman–Crippen LogP) is 3.08. The van der Waals surface area contributed by atoms with Crippen molar-refractivity contribution >= 4 is 11.0 Å². The Morgan fingerprint density at radius 1 is 1.26 bits per heavy atom. The number of imidazole rings is 1. The summed E-state index contributed by atoms with van der Waals surface area (Å²) in [6.07, 6.45) is 4.84. The van der Waals surface area contributed by atoms with E-state index in [0.29, 0.717) is 6.42 Å². The Balaban J connectivity index is 2.00. The van der Waals surface area contributed by atoms with Crippen LogP contribution in [0.5, 0.6) is 0 Å². The van der Waals surface area contributed by atoms with Gasteiger partial charge in [0, 0.05) is 24.4 Å². The number of nitrogens with zero attached hydrogens (tertiary/aromatic N) is 3. The molecule has 3 aromatic rings. The average Bonchev–Trinajstić information content (AvgIpc) is 2.89. The maximum Gasteiger partial charge on any atom is 0.140 e. The summed E-state index contributed by atoms with van der Waals surface area (Å²) in [6, 6.07) is 12.1. The third-order valence-electron chi connectivity index (χ3n) is 3.01. The van der Waals surface area contributed by atoms with Gasteiger partial charge in [0.15, 0.2) is 0 Å². The summed E-state index contributed by atoms with van der Waals surface area (Å²) in [6.45, 7) is 0. The monoisotopic (exact) mass is 248 g/mol. The van der Waals surface area contributed by atoms with Crippen molar-refractivity contribution in [1.29, 1.82) is 5.26 Å². The molecule has 0 aliphatic carbocycles. The van der Waals surface area contributed by atoms with Crippen LogP contribution in [0.3, 0.4) is 0 Å². The molecule has 3 rings (SSSR count). The van der Waals surface area contributed by atoms with E-state index < -0.39 is 0 Å². The maximum atomic E-state index is 8.62. The molecule has 19 heavy (non-hydrogen) atoms. The lowest BCUT2D eigenvalue weighted by Crippen LogP contribution is -1.83. The Labute approximate surface area is 110 Å². The summed E-state index contributed by atoms with van der Waals surface area (Å²) < 4.78 is 0. The minimum absolute atomic E-state index is 0.537. The number of rotatable bonds is 3. The minimum Gasteiger partial charge on any atom is -0.338 e. The van der Waals surface area contributed by atoms with Crippen LogP contribution in [-0.4, -0.2) is 15.0 Å². The van der Waals surface area contributed by atoms with E-state index in [4.69, 9.17) is 5.26 Å². The number of hydrogen-bond acceptors (Lipinski definition) is 3. The van der Waals surface area contributed by atoms with Crippen LogP contribution in [0, 0.1) is 11.3 Å². The highest BCUT2D eigenvalue weighted by Crippen LogP contribution is 2.20. The zero-order chi connectivity index (χ0) is 13.1. The van der Waals surface area contributed by atoms with Crippen LogP contribution < -0.4 is 0 Å². The van der Waals surface area contributed by atoms with Gasteiger partial charge in [-0.05, 0) is 36.2 Å². The molecular weight excluding hydrogens is 236 g/mol. The highest BCUT2D eigenvalue weighted by Gasteiger charge is 2.05. The predicted molar refractivity (Wildman–Crippen MR) is 73.3 cm³/mol. The van der Waals surface area contributed by atoms with Gasteiger partial charge < -0.3 is 4.98 Å². The molecule has 4 nitrogen and oxygen atoms in total. The lowest BCUT2D eigenvalue weighted by Gasteiger charge is -1.96. The molecule has 0 aliphatic rings. The quantitative estimate of drug-likeness (QED) is 0.774. The zero-order valence-corrected chi connectivity index (χ0v) is 10.3. The third kappa shape index (κ3) is 2.31. The second kappa shape index (κ2) is 4.91. The summed E-state index contributed by atoms with van der Waals surface area (Å²) >= 11 is 0. The van der Waals surface area contributed by atoms with Crippen LogP contribution in [0.1, 0.15) is 12.0 Å². The Bertz CT molecular complexity index is 738. The molecule has 0 amide bonds. The van der Waals surface area contributed by atoms with Gasteiger partial charge in [-0.2, -0.15) is 5.26 Å². The third-order valence-corrected chi connectivity index (χ3v) is 3.01. The van der Waals surface area contributed by atoms with Crippen molar-refractivity contribution in [2.45, 2.75) is 12.8 Å². The summed E-state index contributed by atoms with van der Waals surface area (Å²) in [5, 5.41) is 8.62. The van der Waals surface area contributed by atoms with E-state index in [1.807, 2.05) is 24.3 Å². The molecule has 0 bridgehead atoms. The van der Waals surface area contributed by atoms with Gasteiger partial charge in [-0.3, -0.25) is 4.98 Å². The molecule has 0 atom stereocenters. The standard InChI is InChI=1S/C15H12N4/c16-7-1-3-11-5-6-13-14(9-11)19-15(18-13)12-4-2-8-17-10-12/h2,4-6,8-10H,1,3H2,(H,18,19). The molecule has 2 heterocycles. The molecule has 2 aromatic heterocycles. The van der Waals surface area contributed by atoms with E-state index in [1.165, 1.54) is 0 Å². The van der Waals surface area contributed by atoms with Crippen LogP contribution in [-0.2, 0) is 6.42 Å². The lowest BCUT2D eigenvalue weighted by molar-refractivity contribution is 1.01. The molecule has 0 spiro atoms. The van der Waals surface area contributed by atoms with Gasteiger partial charge in [0.25, 0.3) is 0 Å². The van der Waals surface area contributed by atoms with Crippen molar-refractivity contribution < 1.29 is 0 Å². The van der Waals surface area contributed by atoms with E-state index in [9.17, 15) is 0 Å². The average molecular weight is 248 g/mol. The molecule has 0 saturated carbocycles. The fourth-order valence-corrected chi connectivity index (χ4v) is 2.05.